The van der Waals surface area contributed by atoms with Crippen molar-refractivity contribution < 1.29 is 4.74 Å². The Hall–Kier alpha value is -2.85. The average molecular weight is 395 g/mol. The van der Waals surface area contributed by atoms with E-state index in [0.717, 1.165) is 57.7 Å². The first-order chi connectivity index (χ1) is 14.3. The molecule has 10 nitrogen and oxygen atoms in total. The highest BCUT2D eigenvalue weighted by molar-refractivity contribution is 5.71. The van der Waals surface area contributed by atoms with Gasteiger partial charge in [0.25, 0.3) is 0 Å². The van der Waals surface area contributed by atoms with E-state index in [1.807, 2.05) is 18.3 Å². The first kappa shape index (κ1) is 18.2. The Morgan fingerprint density at radius 1 is 1.03 bits per heavy atom. The number of ether oxygens (including phenoxy) is 1. The van der Waals surface area contributed by atoms with Gasteiger partial charge in [-0.25, -0.2) is 9.97 Å². The SMILES string of the molecule is NC1CCC(Nc2ncc3nnn(-c4ccc(N5CCOCC5)cn4)c3n2)CC1. The second-order valence-corrected chi connectivity index (χ2v) is 7.63. The molecule has 3 aromatic rings. The molecule has 10 heteroatoms. The van der Waals surface area contributed by atoms with Crippen molar-refractivity contribution in [3.63, 3.8) is 0 Å². The predicted molar refractivity (Wildman–Crippen MR) is 109 cm³/mol. The number of pyridine rings is 1. The topological polar surface area (TPSA) is 120 Å². The van der Waals surface area contributed by atoms with E-state index in [1.165, 1.54) is 0 Å². The molecule has 0 radical (unpaired) electrons. The molecule has 3 aromatic heterocycles. The third-order valence-corrected chi connectivity index (χ3v) is 5.62. The maximum absolute atomic E-state index is 6.00. The van der Waals surface area contributed by atoms with Gasteiger partial charge in [-0.05, 0) is 37.8 Å². The monoisotopic (exact) mass is 395 g/mol. The maximum Gasteiger partial charge on any atom is 0.225 e. The van der Waals surface area contributed by atoms with Crippen LogP contribution in [0.25, 0.3) is 17.0 Å². The molecule has 0 aromatic carbocycles. The zero-order valence-corrected chi connectivity index (χ0v) is 16.2. The number of fused-ring (bicyclic) bond motifs is 1. The molecule has 0 amide bonds. The van der Waals surface area contributed by atoms with Gasteiger partial charge < -0.3 is 20.7 Å². The van der Waals surface area contributed by atoms with Gasteiger partial charge in [0, 0.05) is 25.2 Å². The Labute approximate surface area is 168 Å². The van der Waals surface area contributed by atoms with Crippen molar-refractivity contribution in [3.05, 3.63) is 24.5 Å². The van der Waals surface area contributed by atoms with Gasteiger partial charge in [0.05, 0.1) is 31.3 Å². The van der Waals surface area contributed by atoms with Gasteiger partial charge in [-0.2, -0.15) is 9.67 Å². The Morgan fingerprint density at radius 3 is 2.62 bits per heavy atom. The first-order valence-corrected chi connectivity index (χ1v) is 10.2. The normalized spacial score (nSPS) is 22.7. The zero-order chi connectivity index (χ0) is 19.6. The van der Waals surface area contributed by atoms with Crippen LogP contribution in [-0.4, -0.2) is 68.3 Å². The zero-order valence-electron chi connectivity index (χ0n) is 16.2. The van der Waals surface area contributed by atoms with Crippen molar-refractivity contribution in [1.29, 1.82) is 0 Å². The number of anilines is 2. The van der Waals surface area contributed by atoms with E-state index >= 15 is 0 Å². The molecule has 152 valence electrons. The Bertz CT molecular complexity index is 959. The van der Waals surface area contributed by atoms with Crippen molar-refractivity contribution >= 4 is 22.8 Å². The number of nitrogens with two attached hydrogens (primary N) is 1. The van der Waals surface area contributed by atoms with Crippen molar-refractivity contribution in [2.45, 2.75) is 37.8 Å². The van der Waals surface area contributed by atoms with Crippen LogP contribution in [-0.2, 0) is 4.74 Å². The van der Waals surface area contributed by atoms with Crippen LogP contribution in [0.15, 0.2) is 24.5 Å². The van der Waals surface area contributed by atoms with Crippen molar-refractivity contribution in [2.75, 3.05) is 36.5 Å². The lowest BCUT2D eigenvalue weighted by atomic mass is 9.92. The quantitative estimate of drug-likeness (QED) is 0.669. The molecule has 0 unspecified atom stereocenters. The lowest BCUT2D eigenvalue weighted by molar-refractivity contribution is 0.122. The van der Waals surface area contributed by atoms with Crippen molar-refractivity contribution in [2.24, 2.45) is 5.73 Å². The molecule has 4 heterocycles. The fourth-order valence-corrected chi connectivity index (χ4v) is 3.91. The van der Waals surface area contributed by atoms with Gasteiger partial charge >= 0.3 is 0 Å². The smallest absolute Gasteiger partial charge is 0.225 e. The van der Waals surface area contributed by atoms with Gasteiger partial charge in [0.2, 0.25) is 5.95 Å². The number of morpholine rings is 1. The number of nitrogens with zero attached hydrogens (tertiary/aromatic N) is 7. The summed E-state index contributed by atoms with van der Waals surface area (Å²) < 4.78 is 7.07. The summed E-state index contributed by atoms with van der Waals surface area (Å²) >= 11 is 0. The summed E-state index contributed by atoms with van der Waals surface area (Å²) in [5, 5.41) is 11.8. The molecule has 29 heavy (non-hydrogen) atoms. The number of nitrogens with one attached hydrogen (secondary N) is 1. The lowest BCUT2D eigenvalue weighted by Gasteiger charge is -2.28. The third-order valence-electron chi connectivity index (χ3n) is 5.62. The molecular weight excluding hydrogens is 370 g/mol. The number of aromatic nitrogens is 6. The Morgan fingerprint density at radius 2 is 1.86 bits per heavy atom. The number of rotatable bonds is 4. The van der Waals surface area contributed by atoms with Gasteiger partial charge in [0.15, 0.2) is 17.0 Å². The van der Waals surface area contributed by atoms with E-state index in [2.05, 4.69) is 35.5 Å². The Balaban J connectivity index is 1.37. The summed E-state index contributed by atoms with van der Waals surface area (Å²) in [6, 6.07) is 4.65. The standard InChI is InChI=1S/C19H25N9O/c20-13-1-3-14(4-2-13)23-19-22-12-16-18(24-19)28(26-25-16)17-6-5-15(11-21-17)27-7-9-29-10-8-27/h5-6,11-14H,1-4,7-10,20H2,(H,22,23,24). The van der Waals surface area contributed by atoms with Crippen LogP contribution in [0.4, 0.5) is 11.6 Å². The molecular formula is C19H25N9O. The minimum Gasteiger partial charge on any atom is -0.378 e. The van der Waals surface area contributed by atoms with Crippen molar-refractivity contribution in [3.8, 4) is 5.82 Å². The van der Waals surface area contributed by atoms with E-state index in [1.54, 1.807) is 10.9 Å². The molecule has 1 aliphatic heterocycles. The van der Waals surface area contributed by atoms with Crippen LogP contribution in [0.5, 0.6) is 0 Å². The second-order valence-electron chi connectivity index (χ2n) is 7.63. The number of hydrogen-bond donors (Lipinski definition) is 2. The average Bonchev–Trinajstić information content (AvgIpc) is 3.19. The van der Waals surface area contributed by atoms with E-state index in [-0.39, 0.29) is 0 Å². The second kappa shape index (κ2) is 7.88. The molecule has 0 atom stereocenters. The molecule has 1 aliphatic carbocycles. The lowest BCUT2D eigenvalue weighted by Crippen LogP contribution is -2.36. The van der Waals surface area contributed by atoms with Gasteiger partial charge in [-0.15, -0.1) is 5.10 Å². The highest BCUT2D eigenvalue weighted by Crippen LogP contribution is 2.21. The maximum atomic E-state index is 6.00. The van der Waals surface area contributed by atoms with Crippen LogP contribution >= 0.6 is 0 Å². The summed E-state index contributed by atoms with van der Waals surface area (Å²) in [5.74, 6) is 1.27. The number of hydrogen-bond acceptors (Lipinski definition) is 9. The first-order valence-electron chi connectivity index (χ1n) is 10.2. The molecule has 5 rings (SSSR count). The van der Waals surface area contributed by atoms with E-state index in [9.17, 15) is 0 Å². The summed E-state index contributed by atoms with van der Waals surface area (Å²) in [6.45, 7) is 3.24. The van der Waals surface area contributed by atoms with Crippen LogP contribution in [0, 0.1) is 0 Å². The Kier molecular flexibility index (Phi) is 4.94. The highest BCUT2D eigenvalue weighted by Gasteiger charge is 2.20. The molecule has 0 bridgehead atoms. The van der Waals surface area contributed by atoms with Crippen LogP contribution < -0.4 is 16.0 Å². The molecule has 0 spiro atoms. The minimum absolute atomic E-state index is 0.314. The fraction of sp³-hybridized carbons (Fsp3) is 0.526. The van der Waals surface area contributed by atoms with Crippen LogP contribution in [0.2, 0.25) is 0 Å². The molecule has 1 saturated carbocycles. The van der Waals surface area contributed by atoms with Gasteiger partial charge in [-0.1, -0.05) is 5.21 Å². The summed E-state index contributed by atoms with van der Waals surface area (Å²) in [4.78, 5) is 15.9. The van der Waals surface area contributed by atoms with E-state index < -0.39 is 0 Å². The molecule has 2 aliphatic rings. The largest absolute Gasteiger partial charge is 0.378 e. The molecule has 3 N–H and O–H groups in total. The summed E-state index contributed by atoms with van der Waals surface area (Å²) in [5.41, 5.74) is 8.36. The van der Waals surface area contributed by atoms with Crippen molar-refractivity contribution in [1.82, 2.24) is 29.9 Å². The van der Waals surface area contributed by atoms with Gasteiger partial charge in [0.1, 0.15) is 0 Å². The predicted octanol–water partition coefficient (Wildman–Crippen LogP) is 1.12. The van der Waals surface area contributed by atoms with E-state index in [4.69, 9.17) is 10.5 Å². The fourth-order valence-electron chi connectivity index (χ4n) is 3.91. The minimum atomic E-state index is 0.314. The van der Waals surface area contributed by atoms with Gasteiger partial charge in [-0.3, -0.25) is 0 Å². The molecule has 1 saturated heterocycles. The highest BCUT2D eigenvalue weighted by atomic mass is 16.5. The summed E-state index contributed by atoms with van der Waals surface area (Å²) in [7, 11) is 0. The third kappa shape index (κ3) is 3.85. The van der Waals surface area contributed by atoms with Crippen LogP contribution in [0.1, 0.15) is 25.7 Å². The summed E-state index contributed by atoms with van der Waals surface area (Å²) in [6.07, 6.45) is 7.68. The molecule has 2 fully saturated rings. The van der Waals surface area contributed by atoms with Crippen LogP contribution in [0.3, 0.4) is 0 Å². The van der Waals surface area contributed by atoms with E-state index in [0.29, 0.717) is 35.0 Å².